The Labute approximate surface area is 133 Å². The maximum Gasteiger partial charge on any atom is 0.0600 e. The first-order chi connectivity index (χ1) is 10.8. The minimum atomic E-state index is -0.105. The van der Waals surface area contributed by atoms with Crippen LogP contribution in [0.15, 0.2) is 36.4 Å². The van der Waals surface area contributed by atoms with E-state index < -0.39 is 0 Å². The predicted molar refractivity (Wildman–Crippen MR) is 89.2 cm³/mol. The van der Waals surface area contributed by atoms with Gasteiger partial charge >= 0.3 is 0 Å². The van der Waals surface area contributed by atoms with E-state index in [1.807, 2.05) is 13.1 Å². The maximum atomic E-state index is 5.70. The largest absolute Gasteiger partial charge is 0.383 e. The lowest BCUT2D eigenvalue weighted by Gasteiger charge is -2.35. The first-order valence-electron chi connectivity index (χ1n) is 7.95. The molecule has 2 nitrogen and oxygen atoms in total. The number of fused-ring (bicyclic) bond motifs is 2. The highest BCUT2D eigenvalue weighted by Crippen LogP contribution is 2.41. The van der Waals surface area contributed by atoms with Crippen LogP contribution in [0, 0.1) is 12.1 Å². The van der Waals surface area contributed by atoms with Gasteiger partial charge in [0.2, 0.25) is 0 Å². The van der Waals surface area contributed by atoms with Gasteiger partial charge in [-0.1, -0.05) is 36.4 Å². The number of nitrogens with one attached hydrogen (secondary N) is 1. The van der Waals surface area contributed by atoms with Gasteiger partial charge in [0.25, 0.3) is 0 Å². The number of hydrogen-bond acceptors (Lipinski definition) is 2. The van der Waals surface area contributed by atoms with E-state index in [0.717, 1.165) is 25.8 Å². The number of aryl methyl sites for hydroxylation is 1. The molecule has 2 heteroatoms. The van der Waals surface area contributed by atoms with Crippen molar-refractivity contribution < 1.29 is 4.74 Å². The summed E-state index contributed by atoms with van der Waals surface area (Å²) in [5, 5.41) is 3.31. The molecule has 0 spiro atoms. The second-order valence-electron chi connectivity index (χ2n) is 6.02. The van der Waals surface area contributed by atoms with Crippen LogP contribution in [0.5, 0.6) is 0 Å². The zero-order valence-electron chi connectivity index (χ0n) is 13.4. The Kier molecular flexibility index (Phi) is 4.47. The van der Waals surface area contributed by atoms with Crippen LogP contribution in [-0.2, 0) is 23.0 Å². The topological polar surface area (TPSA) is 21.3 Å². The number of benzene rings is 1. The Hall–Kier alpha value is -1.82. The average molecular weight is 293 g/mol. The summed E-state index contributed by atoms with van der Waals surface area (Å²) in [4.78, 5) is 0. The third kappa shape index (κ3) is 2.52. The van der Waals surface area contributed by atoms with Crippen LogP contribution >= 0.6 is 0 Å². The van der Waals surface area contributed by atoms with E-state index in [1.54, 1.807) is 7.11 Å². The first kappa shape index (κ1) is 15.1. The quantitative estimate of drug-likeness (QED) is 0.915. The SMILES string of the molecule is CNCCC1(COC)c2ccc#cc2CCc2ccccc21. The number of methoxy groups -OCH3 is 1. The highest BCUT2D eigenvalue weighted by molar-refractivity contribution is 5.49. The molecule has 1 aliphatic rings. The summed E-state index contributed by atoms with van der Waals surface area (Å²) in [5.41, 5.74) is 5.37. The van der Waals surface area contributed by atoms with E-state index in [-0.39, 0.29) is 5.41 Å². The van der Waals surface area contributed by atoms with Gasteiger partial charge in [0.15, 0.2) is 0 Å². The van der Waals surface area contributed by atoms with Gasteiger partial charge in [-0.3, -0.25) is 0 Å². The Morgan fingerprint density at radius 2 is 2.05 bits per heavy atom. The van der Waals surface area contributed by atoms with E-state index >= 15 is 0 Å². The summed E-state index contributed by atoms with van der Waals surface area (Å²) in [6, 6.07) is 19.5. The molecule has 0 radical (unpaired) electrons. The average Bonchev–Trinajstić information content (AvgIpc) is 2.70. The minimum Gasteiger partial charge on any atom is -0.383 e. The third-order valence-electron chi connectivity index (χ3n) is 4.77. The van der Waals surface area contributed by atoms with E-state index in [1.165, 1.54) is 22.3 Å². The van der Waals surface area contributed by atoms with Crippen molar-refractivity contribution in [1.82, 2.24) is 5.32 Å². The predicted octanol–water partition coefficient (Wildman–Crippen LogP) is 2.93. The van der Waals surface area contributed by atoms with E-state index in [4.69, 9.17) is 4.74 Å². The zero-order chi connectivity index (χ0) is 15.4. The van der Waals surface area contributed by atoms with Crippen molar-refractivity contribution in [2.75, 3.05) is 27.3 Å². The summed E-state index contributed by atoms with van der Waals surface area (Å²) in [7, 11) is 3.81. The molecule has 0 heterocycles. The smallest absolute Gasteiger partial charge is 0.0600 e. The molecule has 2 aromatic carbocycles. The molecule has 0 amide bonds. The molecule has 0 fully saturated rings. The molecule has 1 aliphatic carbocycles. The van der Waals surface area contributed by atoms with Crippen molar-refractivity contribution in [1.29, 1.82) is 0 Å². The van der Waals surface area contributed by atoms with Gasteiger partial charge in [0.1, 0.15) is 0 Å². The molecule has 1 unspecified atom stereocenters. The van der Waals surface area contributed by atoms with Gasteiger partial charge < -0.3 is 10.1 Å². The summed E-state index contributed by atoms with van der Waals surface area (Å²) in [6.45, 7) is 1.65. The van der Waals surface area contributed by atoms with Crippen molar-refractivity contribution >= 4 is 0 Å². The number of rotatable bonds is 5. The number of ether oxygens (including phenoxy) is 1. The van der Waals surface area contributed by atoms with Crippen LogP contribution in [0.2, 0.25) is 0 Å². The molecule has 0 saturated carbocycles. The molecule has 3 rings (SSSR count). The van der Waals surface area contributed by atoms with Crippen molar-refractivity contribution in [2.45, 2.75) is 24.7 Å². The fourth-order valence-electron chi connectivity index (χ4n) is 3.76. The molecule has 2 aromatic rings. The van der Waals surface area contributed by atoms with Crippen LogP contribution in [0.3, 0.4) is 0 Å². The first-order valence-corrected chi connectivity index (χ1v) is 7.95. The second kappa shape index (κ2) is 6.52. The van der Waals surface area contributed by atoms with Gasteiger partial charge in [-0.05, 0) is 61.7 Å². The molecule has 0 saturated heterocycles. The molecule has 1 atom stereocenters. The van der Waals surface area contributed by atoms with E-state index in [2.05, 4.69) is 47.8 Å². The van der Waals surface area contributed by atoms with Gasteiger partial charge in [-0.25, -0.2) is 0 Å². The maximum absolute atomic E-state index is 5.70. The Morgan fingerprint density at radius 3 is 2.86 bits per heavy atom. The van der Waals surface area contributed by atoms with Crippen LogP contribution in [0.25, 0.3) is 0 Å². The van der Waals surface area contributed by atoms with Crippen molar-refractivity contribution in [3.05, 3.63) is 70.8 Å². The lowest BCUT2D eigenvalue weighted by Crippen LogP contribution is -2.37. The lowest BCUT2D eigenvalue weighted by molar-refractivity contribution is 0.142. The molecule has 1 N–H and O–H groups in total. The zero-order valence-corrected chi connectivity index (χ0v) is 13.4. The van der Waals surface area contributed by atoms with Gasteiger partial charge in [-0.15, -0.1) is 0 Å². The normalized spacial score (nSPS) is 15.4. The lowest BCUT2D eigenvalue weighted by atomic mass is 9.71. The second-order valence-corrected chi connectivity index (χ2v) is 6.02. The van der Waals surface area contributed by atoms with Gasteiger partial charge in [0.05, 0.1) is 6.61 Å². The molecule has 114 valence electrons. The van der Waals surface area contributed by atoms with Crippen molar-refractivity contribution in [3.63, 3.8) is 0 Å². The van der Waals surface area contributed by atoms with E-state index in [0.29, 0.717) is 6.61 Å². The molecule has 22 heavy (non-hydrogen) atoms. The van der Waals surface area contributed by atoms with Gasteiger partial charge in [-0.2, -0.15) is 0 Å². The molecule has 0 aliphatic heterocycles. The Bertz CT molecular complexity index is 588. The summed E-state index contributed by atoms with van der Waals surface area (Å²) >= 11 is 0. The van der Waals surface area contributed by atoms with Gasteiger partial charge in [0, 0.05) is 18.1 Å². The van der Waals surface area contributed by atoms with E-state index in [9.17, 15) is 0 Å². The fraction of sp³-hybridized carbons (Fsp3) is 0.400. The summed E-state index contributed by atoms with van der Waals surface area (Å²) in [6.07, 6.45) is 3.09. The molecular weight excluding hydrogens is 270 g/mol. The fourth-order valence-corrected chi connectivity index (χ4v) is 3.76. The van der Waals surface area contributed by atoms with Crippen molar-refractivity contribution in [3.8, 4) is 0 Å². The van der Waals surface area contributed by atoms with Crippen molar-refractivity contribution in [2.24, 2.45) is 0 Å². The minimum absolute atomic E-state index is 0.105. The third-order valence-corrected chi connectivity index (χ3v) is 4.77. The van der Waals surface area contributed by atoms with Crippen LogP contribution < -0.4 is 5.32 Å². The van der Waals surface area contributed by atoms with Crippen LogP contribution in [0.4, 0.5) is 0 Å². The monoisotopic (exact) mass is 293 g/mol. The molecule has 0 bridgehead atoms. The Balaban J connectivity index is 2.23. The molecular formula is C20H23NO. The highest BCUT2D eigenvalue weighted by atomic mass is 16.5. The number of hydrogen-bond donors (Lipinski definition) is 1. The Morgan fingerprint density at radius 1 is 1.18 bits per heavy atom. The summed E-state index contributed by atoms with van der Waals surface area (Å²) in [5.74, 6) is 0. The highest BCUT2D eigenvalue weighted by Gasteiger charge is 2.38. The van der Waals surface area contributed by atoms with Crippen LogP contribution in [0.1, 0.15) is 28.7 Å². The molecule has 0 aromatic heterocycles. The summed E-state index contributed by atoms with van der Waals surface area (Å²) < 4.78 is 5.70. The van der Waals surface area contributed by atoms with Crippen LogP contribution in [-0.4, -0.2) is 27.3 Å². The standard InChI is InChI=1S/C20H23NO/c1-21-14-13-20(15-22-2)18-9-5-3-7-16(18)11-12-17-8-4-6-10-19(17)20/h3,5-7,9-10,21H,11-15H2,1-2H3.